The first kappa shape index (κ1) is 16.8. The van der Waals surface area contributed by atoms with Gasteiger partial charge in [-0.3, -0.25) is 19.7 Å². The number of Topliss-reactive ketones (excluding diaryl/α,β-unsaturated/α-hetero) is 1. The minimum atomic E-state index is -1.87. The van der Waals surface area contributed by atoms with Crippen LogP contribution in [-0.2, 0) is 16.0 Å². The molecule has 0 saturated carbocycles. The van der Waals surface area contributed by atoms with E-state index in [-0.39, 0.29) is 12.8 Å². The number of aliphatic hydroxyl groups excluding tert-OH is 1. The van der Waals surface area contributed by atoms with E-state index in [9.17, 15) is 24.8 Å². The molecular formula is C14H17NO6. The lowest BCUT2D eigenvalue weighted by Gasteiger charge is -2.20. The van der Waals surface area contributed by atoms with Gasteiger partial charge in [0.05, 0.1) is 0 Å². The van der Waals surface area contributed by atoms with E-state index in [0.717, 1.165) is 0 Å². The van der Waals surface area contributed by atoms with Crippen molar-refractivity contribution in [1.29, 1.82) is 0 Å². The Labute approximate surface area is 121 Å². The number of aliphatic carboxylic acids is 1. The van der Waals surface area contributed by atoms with Gasteiger partial charge in [0.15, 0.2) is 11.7 Å². The van der Waals surface area contributed by atoms with Gasteiger partial charge >= 0.3 is 5.97 Å². The smallest absolute Gasteiger partial charge is 0.321 e. The zero-order valence-corrected chi connectivity index (χ0v) is 11.5. The summed E-state index contributed by atoms with van der Waals surface area (Å²) in [6.07, 6.45) is -1.71. The Bertz CT molecular complexity index is 515. The average molecular weight is 295 g/mol. The van der Waals surface area contributed by atoms with E-state index in [1.807, 2.05) is 0 Å². The lowest BCUT2D eigenvalue weighted by Crippen LogP contribution is -2.47. The second-order valence-electron chi connectivity index (χ2n) is 4.70. The Morgan fingerprint density at radius 1 is 1.29 bits per heavy atom. The Kier molecular flexibility index (Phi) is 5.98. The average Bonchev–Trinajstić information content (AvgIpc) is 2.43. The van der Waals surface area contributed by atoms with Gasteiger partial charge in [-0.15, -0.1) is 0 Å². The second kappa shape index (κ2) is 7.49. The molecule has 0 aliphatic rings. The van der Waals surface area contributed by atoms with Crippen molar-refractivity contribution >= 4 is 11.8 Å². The number of hydrogen-bond acceptors (Lipinski definition) is 5. The second-order valence-corrected chi connectivity index (χ2v) is 4.70. The van der Waals surface area contributed by atoms with Crippen LogP contribution in [-0.4, -0.2) is 39.0 Å². The van der Waals surface area contributed by atoms with Crippen molar-refractivity contribution in [3.8, 4) is 0 Å². The number of nitrogens with zero attached hydrogens (tertiary/aromatic N) is 1. The van der Waals surface area contributed by atoms with E-state index in [0.29, 0.717) is 5.56 Å². The number of aliphatic hydroxyl groups is 1. The first-order valence-corrected chi connectivity index (χ1v) is 6.49. The SMILES string of the molecule is CCC(O)C(C(C(=O)O)C(=O)Cc1ccccc1)[N+](=O)[O-]. The van der Waals surface area contributed by atoms with Crippen molar-refractivity contribution in [2.45, 2.75) is 31.9 Å². The molecule has 0 bridgehead atoms. The lowest BCUT2D eigenvalue weighted by molar-refractivity contribution is -0.539. The van der Waals surface area contributed by atoms with Crippen molar-refractivity contribution in [3.63, 3.8) is 0 Å². The summed E-state index contributed by atoms with van der Waals surface area (Å²) in [5.74, 6) is -4.25. The molecule has 7 heteroatoms. The molecule has 0 spiro atoms. The van der Waals surface area contributed by atoms with Gasteiger partial charge in [-0.2, -0.15) is 0 Å². The molecular weight excluding hydrogens is 278 g/mol. The van der Waals surface area contributed by atoms with E-state index in [2.05, 4.69) is 0 Å². The Morgan fingerprint density at radius 3 is 2.29 bits per heavy atom. The summed E-state index contributed by atoms with van der Waals surface area (Å²) in [5, 5.41) is 29.8. The number of hydrogen-bond donors (Lipinski definition) is 2. The number of nitro groups is 1. The topological polar surface area (TPSA) is 118 Å². The van der Waals surface area contributed by atoms with E-state index in [1.54, 1.807) is 30.3 Å². The van der Waals surface area contributed by atoms with Crippen LogP contribution in [0, 0.1) is 16.0 Å². The van der Waals surface area contributed by atoms with Crippen molar-refractivity contribution in [2.75, 3.05) is 0 Å². The number of rotatable bonds is 8. The summed E-state index contributed by atoms with van der Waals surface area (Å²) >= 11 is 0. The van der Waals surface area contributed by atoms with E-state index < -0.39 is 34.7 Å². The first-order chi connectivity index (χ1) is 9.88. The fraction of sp³-hybridized carbons (Fsp3) is 0.429. The maximum atomic E-state index is 12.1. The zero-order chi connectivity index (χ0) is 16.0. The van der Waals surface area contributed by atoms with Gasteiger partial charge in [0.2, 0.25) is 0 Å². The molecule has 21 heavy (non-hydrogen) atoms. The molecule has 0 saturated heterocycles. The molecule has 0 aromatic heterocycles. The monoisotopic (exact) mass is 295 g/mol. The van der Waals surface area contributed by atoms with Crippen LogP contribution in [0.4, 0.5) is 0 Å². The number of benzene rings is 1. The van der Waals surface area contributed by atoms with Crippen LogP contribution in [0.3, 0.4) is 0 Å². The highest BCUT2D eigenvalue weighted by Crippen LogP contribution is 2.18. The predicted molar refractivity (Wildman–Crippen MR) is 73.4 cm³/mol. The summed E-state index contributed by atoms with van der Waals surface area (Å²) < 4.78 is 0. The molecule has 3 atom stereocenters. The van der Waals surface area contributed by atoms with Gasteiger partial charge in [-0.1, -0.05) is 37.3 Å². The van der Waals surface area contributed by atoms with Gasteiger partial charge in [0.25, 0.3) is 6.04 Å². The summed E-state index contributed by atoms with van der Waals surface area (Å²) in [5.41, 5.74) is 0.571. The molecule has 0 aliphatic heterocycles. The van der Waals surface area contributed by atoms with Crippen LogP contribution in [0.25, 0.3) is 0 Å². The van der Waals surface area contributed by atoms with E-state index in [4.69, 9.17) is 5.11 Å². The molecule has 0 amide bonds. The lowest BCUT2D eigenvalue weighted by atomic mass is 9.87. The summed E-state index contributed by atoms with van der Waals surface area (Å²) in [7, 11) is 0. The molecule has 0 heterocycles. The van der Waals surface area contributed by atoms with Crippen LogP contribution in [0.1, 0.15) is 18.9 Å². The molecule has 0 radical (unpaired) electrons. The molecule has 3 unspecified atom stereocenters. The highest BCUT2D eigenvalue weighted by molar-refractivity contribution is 5.99. The summed E-state index contributed by atoms with van der Waals surface area (Å²) in [6.45, 7) is 1.49. The molecule has 114 valence electrons. The van der Waals surface area contributed by atoms with Crippen LogP contribution in [0.2, 0.25) is 0 Å². The number of carboxylic acids is 1. The van der Waals surface area contributed by atoms with Gasteiger partial charge in [0.1, 0.15) is 6.10 Å². The Balaban J connectivity index is 3.02. The summed E-state index contributed by atoms with van der Waals surface area (Å²) in [6, 6.07) is 6.53. The normalized spacial score (nSPS) is 15.0. The number of ketones is 1. The third-order valence-corrected chi connectivity index (χ3v) is 3.23. The Hall–Kier alpha value is -2.28. The van der Waals surface area contributed by atoms with Crippen molar-refractivity contribution in [3.05, 3.63) is 46.0 Å². The van der Waals surface area contributed by atoms with Gasteiger partial charge < -0.3 is 10.2 Å². The van der Waals surface area contributed by atoms with Crippen LogP contribution in [0.15, 0.2) is 30.3 Å². The standard InChI is InChI=1S/C14H17NO6/c1-2-10(16)13(15(20)21)12(14(18)19)11(17)8-9-6-4-3-5-7-9/h3-7,10,12-13,16H,2,8H2,1H3,(H,18,19). The third kappa shape index (κ3) is 4.35. The highest BCUT2D eigenvalue weighted by Gasteiger charge is 2.46. The molecule has 1 rings (SSSR count). The van der Waals surface area contributed by atoms with E-state index in [1.165, 1.54) is 6.92 Å². The van der Waals surface area contributed by atoms with Crippen molar-refractivity contribution in [1.82, 2.24) is 0 Å². The van der Waals surface area contributed by atoms with Crippen molar-refractivity contribution < 1.29 is 24.7 Å². The van der Waals surface area contributed by atoms with Crippen LogP contribution < -0.4 is 0 Å². The maximum absolute atomic E-state index is 12.1. The quantitative estimate of drug-likeness (QED) is 0.418. The first-order valence-electron chi connectivity index (χ1n) is 6.49. The van der Waals surface area contributed by atoms with Crippen LogP contribution in [0.5, 0.6) is 0 Å². The Morgan fingerprint density at radius 2 is 1.86 bits per heavy atom. The van der Waals surface area contributed by atoms with Crippen LogP contribution >= 0.6 is 0 Å². The molecule has 2 N–H and O–H groups in total. The molecule has 0 fully saturated rings. The number of carboxylic acid groups (broad SMARTS) is 1. The van der Waals surface area contributed by atoms with E-state index >= 15 is 0 Å². The predicted octanol–water partition coefficient (Wildman–Crippen LogP) is 0.915. The minimum Gasteiger partial charge on any atom is -0.481 e. The molecule has 7 nitrogen and oxygen atoms in total. The molecule has 1 aromatic rings. The van der Waals surface area contributed by atoms with Crippen molar-refractivity contribution in [2.24, 2.45) is 5.92 Å². The number of carbonyl (C=O) groups excluding carboxylic acids is 1. The molecule has 0 aliphatic carbocycles. The third-order valence-electron chi connectivity index (χ3n) is 3.23. The fourth-order valence-corrected chi connectivity index (χ4v) is 2.11. The van der Waals surface area contributed by atoms with Gasteiger partial charge in [-0.05, 0) is 12.0 Å². The molecule has 1 aromatic carbocycles. The van der Waals surface area contributed by atoms with Gasteiger partial charge in [-0.25, -0.2) is 0 Å². The maximum Gasteiger partial charge on any atom is 0.321 e. The summed E-state index contributed by atoms with van der Waals surface area (Å²) in [4.78, 5) is 33.5. The highest BCUT2D eigenvalue weighted by atomic mass is 16.6. The minimum absolute atomic E-state index is 0.00591. The largest absolute Gasteiger partial charge is 0.481 e. The zero-order valence-electron chi connectivity index (χ0n) is 11.5. The van der Waals surface area contributed by atoms with Gasteiger partial charge in [0, 0.05) is 11.3 Å². The number of carbonyl (C=O) groups is 2. The fourth-order valence-electron chi connectivity index (χ4n) is 2.11.